The predicted molar refractivity (Wildman–Crippen MR) is 58.3 cm³/mol. The standard InChI is InChI=1S/C11H11N3/c1-13-10(12)7-8-6-9-4-2-3-5-14(9)11(8)13/h2-7H,12H2,1H3. The number of hydrogen-bond acceptors (Lipinski definition) is 1. The second-order valence-electron chi connectivity index (χ2n) is 3.55. The Balaban J connectivity index is 2.62. The maximum atomic E-state index is 5.84. The van der Waals surface area contributed by atoms with E-state index in [1.165, 1.54) is 10.9 Å². The zero-order valence-electron chi connectivity index (χ0n) is 7.94. The number of anilines is 1. The molecule has 3 nitrogen and oxygen atoms in total. The van der Waals surface area contributed by atoms with Crippen molar-refractivity contribution >= 4 is 22.4 Å². The molecule has 0 fully saturated rings. The molecule has 0 aliphatic rings. The molecule has 0 amide bonds. The average Bonchev–Trinajstić information content (AvgIpc) is 2.65. The molecule has 3 aromatic heterocycles. The Morgan fingerprint density at radius 2 is 2.07 bits per heavy atom. The fourth-order valence-corrected chi connectivity index (χ4v) is 1.97. The number of aryl methyl sites for hydroxylation is 1. The highest BCUT2D eigenvalue weighted by molar-refractivity contribution is 5.88. The summed E-state index contributed by atoms with van der Waals surface area (Å²) in [5.41, 5.74) is 8.19. The van der Waals surface area contributed by atoms with Crippen molar-refractivity contribution in [1.29, 1.82) is 0 Å². The van der Waals surface area contributed by atoms with Crippen LogP contribution < -0.4 is 5.73 Å². The average molecular weight is 185 g/mol. The largest absolute Gasteiger partial charge is 0.385 e. The van der Waals surface area contributed by atoms with Crippen LogP contribution in [0.1, 0.15) is 0 Å². The van der Waals surface area contributed by atoms with Crippen molar-refractivity contribution in [3.05, 3.63) is 36.5 Å². The number of fused-ring (bicyclic) bond motifs is 3. The van der Waals surface area contributed by atoms with Gasteiger partial charge in [-0.05, 0) is 24.3 Å². The molecular formula is C11H11N3. The van der Waals surface area contributed by atoms with Crippen LogP contribution in [0, 0.1) is 0 Å². The second-order valence-corrected chi connectivity index (χ2v) is 3.55. The molecule has 3 aromatic rings. The lowest BCUT2D eigenvalue weighted by Gasteiger charge is -2.00. The molecule has 0 radical (unpaired) electrons. The van der Waals surface area contributed by atoms with E-state index in [2.05, 4.69) is 22.7 Å². The predicted octanol–water partition coefficient (Wildman–Crippen LogP) is 2.01. The van der Waals surface area contributed by atoms with Gasteiger partial charge in [-0.2, -0.15) is 0 Å². The van der Waals surface area contributed by atoms with E-state index in [4.69, 9.17) is 5.73 Å². The van der Waals surface area contributed by atoms with Crippen molar-refractivity contribution in [1.82, 2.24) is 8.97 Å². The fourth-order valence-electron chi connectivity index (χ4n) is 1.97. The van der Waals surface area contributed by atoms with Crippen molar-refractivity contribution in [3.63, 3.8) is 0 Å². The number of pyridine rings is 1. The van der Waals surface area contributed by atoms with E-state index in [9.17, 15) is 0 Å². The smallest absolute Gasteiger partial charge is 0.126 e. The summed E-state index contributed by atoms with van der Waals surface area (Å²) in [6.07, 6.45) is 2.05. The van der Waals surface area contributed by atoms with Crippen LogP contribution in [0.2, 0.25) is 0 Å². The summed E-state index contributed by atoms with van der Waals surface area (Å²) in [6.45, 7) is 0. The van der Waals surface area contributed by atoms with Crippen LogP contribution in [0.25, 0.3) is 16.6 Å². The molecule has 0 atom stereocenters. The Morgan fingerprint density at radius 1 is 1.21 bits per heavy atom. The van der Waals surface area contributed by atoms with Gasteiger partial charge in [-0.1, -0.05) is 6.07 Å². The molecule has 70 valence electrons. The van der Waals surface area contributed by atoms with Gasteiger partial charge >= 0.3 is 0 Å². The number of nitrogens with zero attached hydrogens (tertiary/aromatic N) is 2. The molecule has 0 aliphatic heterocycles. The molecule has 2 N–H and O–H groups in total. The summed E-state index contributed by atoms with van der Waals surface area (Å²) < 4.78 is 4.15. The third-order valence-corrected chi connectivity index (χ3v) is 2.69. The van der Waals surface area contributed by atoms with Gasteiger partial charge in [0.2, 0.25) is 0 Å². The van der Waals surface area contributed by atoms with Gasteiger partial charge in [0.15, 0.2) is 0 Å². The van der Waals surface area contributed by atoms with Crippen LogP contribution in [0.15, 0.2) is 36.5 Å². The van der Waals surface area contributed by atoms with Gasteiger partial charge < -0.3 is 14.7 Å². The van der Waals surface area contributed by atoms with Crippen molar-refractivity contribution in [2.45, 2.75) is 0 Å². The van der Waals surface area contributed by atoms with Gasteiger partial charge in [0.25, 0.3) is 0 Å². The molecule has 3 heterocycles. The Morgan fingerprint density at radius 3 is 2.93 bits per heavy atom. The minimum Gasteiger partial charge on any atom is -0.385 e. The topological polar surface area (TPSA) is 35.4 Å². The number of aromatic nitrogens is 2. The number of nitrogens with two attached hydrogens (primary N) is 1. The highest BCUT2D eigenvalue weighted by atomic mass is 15.1. The molecule has 0 unspecified atom stereocenters. The number of hydrogen-bond donors (Lipinski definition) is 1. The van der Waals surface area contributed by atoms with E-state index in [0.717, 1.165) is 11.5 Å². The van der Waals surface area contributed by atoms with Crippen LogP contribution in [0.5, 0.6) is 0 Å². The van der Waals surface area contributed by atoms with Crippen LogP contribution in [-0.4, -0.2) is 8.97 Å². The van der Waals surface area contributed by atoms with Gasteiger partial charge in [-0.25, -0.2) is 0 Å². The summed E-state index contributed by atoms with van der Waals surface area (Å²) in [7, 11) is 1.98. The fraction of sp³-hybridized carbons (Fsp3) is 0.0909. The van der Waals surface area contributed by atoms with Gasteiger partial charge in [0, 0.05) is 24.1 Å². The Kier molecular flexibility index (Phi) is 1.24. The van der Waals surface area contributed by atoms with E-state index in [0.29, 0.717) is 0 Å². The van der Waals surface area contributed by atoms with Crippen molar-refractivity contribution in [3.8, 4) is 0 Å². The summed E-state index contributed by atoms with van der Waals surface area (Å²) in [5.74, 6) is 0.799. The van der Waals surface area contributed by atoms with E-state index in [1.807, 2.05) is 29.8 Å². The molecule has 3 heteroatoms. The van der Waals surface area contributed by atoms with Gasteiger partial charge in [-0.3, -0.25) is 0 Å². The summed E-state index contributed by atoms with van der Waals surface area (Å²) in [4.78, 5) is 0. The van der Waals surface area contributed by atoms with Crippen LogP contribution in [0.3, 0.4) is 0 Å². The van der Waals surface area contributed by atoms with E-state index < -0.39 is 0 Å². The van der Waals surface area contributed by atoms with Gasteiger partial charge in [-0.15, -0.1) is 0 Å². The molecule has 0 saturated carbocycles. The third-order valence-electron chi connectivity index (χ3n) is 2.69. The molecule has 0 spiro atoms. The lowest BCUT2D eigenvalue weighted by Crippen LogP contribution is -1.97. The minimum absolute atomic E-state index is 0.799. The molecule has 0 aliphatic carbocycles. The van der Waals surface area contributed by atoms with Crippen LogP contribution >= 0.6 is 0 Å². The quantitative estimate of drug-likeness (QED) is 0.571. The number of nitrogen functional groups attached to an aromatic ring is 1. The number of rotatable bonds is 0. The Labute approximate surface area is 81.4 Å². The van der Waals surface area contributed by atoms with Crippen molar-refractivity contribution in [2.24, 2.45) is 7.05 Å². The summed E-state index contributed by atoms with van der Waals surface area (Å²) in [6, 6.07) is 10.3. The second kappa shape index (κ2) is 2.32. The third kappa shape index (κ3) is 0.763. The maximum absolute atomic E-state index is 5.84. The molecule has 14 heavy (non-hydrogen) atoms. The molecule has 3 rings (SSSR count). The first-order valence-electron chi connectivity index (χ1n) is 4.58. The molecular weight excluding hydrogens is 174 g/mol. The van der Waals surface area contributed by atoms with Gasteiger partial charge in [0.05, 0.1) is 0 Å². The highest BCUT2D eigenvalue weighted by Gasteiger charge is 2.07. The van der Waals surface area contributed by atoms with E-state index >= 15 is 0 Å². The zero-order valence-corrected chi connectivity index (χ0v) is 7.94. The van der Waals surface area contributed by atoms with Gasteiger partial charge in [0.1, 0.15) is 11.5 Å². The van der Waals surface area contributed by atoms with E-state index in [1.54, 1.807) is 0 Å². The first-order chi connectivity index (χ1) is 6.77. The Hall–Kier alpha value is -1.90. The maximum Gasteiger partial charge on any atom is 0.126 e. The van der Waals surface area contributed by atoms with Crippen molar-refractivity contribution < 1.29 is 0 Å². The highest BCUT2D eigenvalue weighted by Crippen LogP contribution is 2.24. The lowest BCUT2D eigenvalue weighted by molar-refractivity contribution is 0.949. The Bertz CT molecular complexity index is 616. The minimum atomic E-state index is 0.799. The SMILES string of the molecule is Cn1c(N)cc2cc3ccccn3c21. The monoisotopic (exact) mass is 185 g/mol. The lowest BCUT2D eigenvalue weighted by atomic mass is 10.4. The summed E-state index contributed by atoms with van der Waals surface area (Å²) in [5, 5.41) is 1.19. The normalized spacial score (nSPS) is 11.5. The molecule has 0 aromatic carbocycles. The van der Waals surface area contributed by atoms with E-state index in [-0.39, 0.29) is 0 Å². The van der Waals surface area contributed by atoms with Crippen LogP contribution in [-0.2, 0) is 7.05 Å². The summed E-state index contributed by atoms with van der Waals surface area (Å²) >= 11 is 0. The molecule has 0 bridgehead atoms. The van der Waals surface area contributed by atoms with Crippen LogP contribution in [0.4, 0.5) is 5.82 Å². The first kappa shape index (κ1) is 7.50. The van der Waals surface area contributed by atoms with Crippen molar-refractivity contribution in [2.75, 3.05) is 5.73 Å². The molecule has 0 saturated heterocycles. The first-order valence-corrected chi connectivity index (χ1v) is 4.58. The zero-order chi connectivity index (χ0) is 9.71.